The van der Waals surface area contributed by atoms with Crippen molar-refractivity contribution in [1.82, 2.24) is 36.2 Å². The number of carboxylic acid groups (broad SMARTS) is 1. The predicted molar refractivity (Wildman–Crippen MR) is 170 cm³/mol. The lowest BCUT2D eigenvalue weighted by Crippen LogP contribution is -2.74. The van der Waals surface area contributed by atoms with Crippen molar-refractivity contribution in [3.63, 3.8) is 0 Å². The van der Waals surface area contributed by atoms with Gasteiger partial charge in [0.25, 0.3) is 17.7 Å². The molecule has 2 aliphatic rings. The summed E-state index contributed by atoms with van der Waals surface area (Å²) in [6, 6.07) is 2.31. The first-order chi connectivity index (χ1) is 22.4. The summed E-state index contributed by atoms with van der Waals surface area (Å²) in [4.78, 5) is 74.2. The molecular weight excluding hydrogens is 699 g/mol. The Kier molecular flexibility index (Phi) is 10.0. The molecule has 5 rings (SSSR count). The number of hydrazine groups is 1. The molecule has 22 heteroatoms. The number of phenols is 2. The summed E-state index contributed by atoms with van der Waals surface area (Å²) in [6.07, 6.45) is -1.35. The summed E-state index contributed by atoms with van der Waals surface area (Å²) in [5, 5.41) is 44.1. The fourth-order valence-corrected chi connectivity index (χ4v) is 8.18. The number of amides is 4. The number of nitrogens with one attached hydrogen (secondary N) is 3. The lowest BCUT2D eigenvalue weighted by molar-refractivity contribution is -0.157. The zero-order valence-electron chi connectivity index (χ0n) is 24.0. The Bertz CT molecular complexity index is 1740. The van der Waals surface area contributed by atoms with Crippen LogP contribution in [0.1, 0.15) is 23.0 Å². The third kappa shape index (κ3) is 7.34. The highest BCUT2D eigenvalue weighted by molar-refractivity contribution is 8.01. The van der Waals surface area contributed by atoms with E-state index in [0.29, 0.717) is 4.34 Å². The van der Waals surface area contributed by atoms with Crippen molar-refractivity contribution in [2.75, 3.05) is 23.8 Å². The highest BCUT2D eigenvalue weighted by Crippen LogP contribution is 2.44. The van der Waals surface area contributed by atoms with Crippen LogP contribution in [0.3, 0.4) is 0 Å². The molecule has 0 spiro atoms. The number of benzene rings is 1. The van der Waals surface area contributed by atoms with Gasteiger partial charge in [-0.2, -0.15) is 0 Å². The number of aliphatic carboxylic acids is 1. The molecule has 0 bridgehead atoms. The first-order valence-electron chi connectivity index (χ1n) is 13.3. The van der Waals surface area contributed by atoms with Gasteiger partial charge in [0, 0.05) is 29.0 Å². The summed E-state index contributed by atoms with van der Waals surface area (Å²) >= 11 is 4.77. The van der Waals surface area contributed by atoms with Crippen LogP contribution in [0.15, 0.2) is 38.6 Å². The molecular formula is C25H25N9O9S4. The Hall–Kier alpha value is -4.67. The van der Waals surface area contributed by atoms with Gasteiger partial charge in [0.2, 0.25) is 12.0 Å². The quantitative estimate of drug-likeness (QED) is 0.0445. The minimum Gasteiger partial charge on any atom is -0.504 e. The number of carbonyl (C=O) groups is 5. The monoisotopic (exact) mass is 723 g/mol. The van der Waals surface area contributed by atoms with E-state index in [-0.39, 0.29) is 40.2 Å². The number of nitrogens with zero attached hydrogens (tertiary/aromatic N) is 5. The number of anilines is 1. The molecule has 0 aliphatic carbocycles. The number of aromatic nitrogens is 3. The smallest absolute Gasteiger partial charge is 0.313 e. The second-order valence-electron chi connectivity index (χ2n) is 10.1. The van der Waals surface area contributed by atoms with E-state index in [9.17, 15) is 39.3 Å². The standard InChI is InChI=1S/C25H25N9O9S4/c1-10(17(37)30-31-18(38)11-2-3-13(35)14(36)4-11)43-33-15(12-5-44-23(26)28-12)19(39)29-16-20(40)34-6-25(22(41)42,7-45-21(16)34)8-46-24-32-27-9-47-24/h2-5,9-10,16,21,35-36H,6-8H2,1H3,(H2,26,28)(H,29,39)(H,30,37)(H,31,38)(H,41,42)/t10?,16?,21-,25?/m1/s1. The molecule has 47 heavy (non-hydrogen) atoms. The first-order valence-corrected chi connectivity index (χ1v) is 17.1. The Balaban J connectivity index is 1.20. The summed E-state index contributed by atoms with van der Waals surface area (Å²) < 4.78 is 0.612. The van der Waals surface area contributed by atoms with Gasteiger partial charge in [-0.3, -0.25) is 34.8 Å². The van der Waals surface area contributed by atoms with Crippen molar-refractivity contribution in [3.05, 3.63) is 40.3 Å². The van der Waals surface area contributed by atoms with Crippen LogP contribution in [-0.4, -0.2) is 106 Å². The molecule has 2 saturated heterocycles. The summed E-state index contributed by atoms with van der Waals surface area (Å²) in [6.45, 7) is 1.23. The maximum absolute atomic E-state index is 13.4. The Morgan fingerprint density at radius 3 is 2.68 bits per heavy atom. The highest BCUT2D eigenvalue weighted by atomic mass is 32.2. The van der Waals surface area contributed by atoms with Crippen molar-refractivity contribution in [1.29, 1.82) is 0 Å². The topological polar surface area (TPSA) is 272 Å². The van der Waals surface area contributed by atoms with Gasteiger partial charge in [-0.25, -0.2) is 4.98 Å². The molecule has 4 amide bonds. The van der Waals surface area contributed by atoms with Gasteiger partial charge >= 0.3 is 5.97 Å². The molecule has 8 N–H and O–H groups in total. The number of nitrogens with two attached hydrogens (primary N) is 1. The highest BCUT2D eigenvalue weighted by Gasteiger charge is 2.57. The number of oxime groups is 1. The number of nitrogen functional groups attached to an aromatic ring is 1. The Morgan fingerprint density at radius 1 is 1.23 bits per heavy atom. The van der Waals surface area contributed by atoms with Crippen LogP contribution in [-0.2, 0) is 24.0 Å². The number of rotatable bonds is 11. The second-order valence-corrected chi connectivity index (χ2v) is 14.2. The first kappa shape index (κ1) is 33.7. The third-order valence-corrected chi connectivity index (χ3v) is 11.3. The molecule has 2 aliphatic heterocycles. The number of thioether (sulfide) groups is 2. The third-order valence-electron chi connectivity index (χ3n) is 6.88. The molecule has 0 saturated carbocycles. The van der Waals surface area contributed by atoms with Crippen molar-refractivity contribution in [2.45, 2.75) is 28.8 Å². The van der Waals surface area contributed by atoms with Crippen LogP contribution in [0.5, 0.6) is 11.5 Å². The van der Waals surface area contributed by atoms with E-state index in [1.165, 1.54) is 58.1 Å². The zero-order chi connectivity index (χ0) is 33.9. The molecule has 0 radical (unpaired) electrons. The van der Waals surface area contributed by atoms with Crippen molar-refractivity contribution < 1.29 is 44.1 Å². The number of aromatic hydroxyl groups is 2. The van der Waals surface area contributed by atoms with Crippen LogP contribution in [0.4, 0.5) is 5.13 Å². The molecule has 2 aromatic heterocycles. The van der Waals surface area contributed by atoms with Gasteiger partial charge in [0.05, 0.1) is 0 Å². The van der Waals surface area contributed by atoms with Crippen LogP contribution < -0.4 is 21.9 Å². The van der Waals surface area contributed by atoms with Gasteiger partial charge in [0.15, 0.2) is 26.7 Å². The van der Waals surface area contributed by atoms with Crippen molar-refractivity contribution in [2.24, 2.45) is 10.6 Å². The molecule has 248 valence electrons. The van der Waals surface area contributed by atoms with E-state index in [4.69, 9.17) is 10.6 Å². The molecule has 1 aromatic carbocycles. The number of hydrogen-bond acceptors (Lipinski definition) is 17. The number of carbonyl (C=O) groups excluding carboxylic acids is 4. The minimum absolute atomic E-state index is 0.0107. The van der Waals surface area contributed by atoms with E-state index in [1.807, 2.05) is 0 Å². The van der Waals surface area contributed by atoms with Gasteiger partial charge in [0.1, 0.15) is 28.0 Å². The Labute approximate surface area is 281 Å². The van der Waals surface area contributed by atoms with Gasteiger partial charge in [-0.05, 0) is 25.1 Å². The van der Waals surface area contributed by atoms with E-state index in [1.54, 1.807) is 5.51 Å². The maximum Gasteiger partial charge on any atom is 0.313 e. The zero-order valence-corrected chi connectivity index (χ0v) is 27.2. The average Bonchev–Trinajstić information content (AvgIpc) is 3.74. The summed E-state index contributed by atoms with van der Waals surface area (Å²) in [5.74, 6) is -4.67. The normalized spacial score (nSPS) is 21.2. The van der Waals surface area contributed by atoms with Crippen LogP contribution in [0.2, 0.25) is 0 Å². The maximum atomic E-state index is 13.4. The lowest BCUT2D eigenvalue weighted by atomic mass is 9.89. The number of fused-ring (bicyclic) bond motifs is 1. The van der Waals surface area contributed by atoms with Crippen LogP contribution in [0.25, 0.3) is 0 Å². The predicted octanol–water partition coefficient (Wildman–Crippen LogP) is -0.178. The molecule has 18 nitrogen and oxygen atoms in total. The summed E-state index contributed by atoms with van der Waals surface area (Å²) in [7, 11) is 0. The van der Waals surface area contributed by atoms with Gasteiger partial charge in [-0.15, -0.1) is 33.3 Å². The molecule has 4 atom stereocenters. The second kappa shape index (κ2) is 14.0. The van der Waals surface area contributed by atoms with Gasteiger partial charge < -0.3 is 36.1 Å². The average molecular weight is 724 g/mol. The number of hydrogen-bond donors (Lipinski definition) is 7. The van der Waals surface area contributed by atoms with Crippen molar-refractivity contribution >= 4 is 86.6 Å². The number of carboxylic acids is 1. The number of β-lactam (4-membered cyclic amide) rings is 1. The number of thiazole rings is 1. The Morgan fingerprint density at radius 2 is 2.02 bits per heavy atom. The largest absolute Gasteiger partial charge is 0.504 e. The fraction of sp³-hybridized carbons (Fsp3) is 0.320. The summed E-state index contributed by atoms with van der Waals surface area (Å²) in [5.41, 5.74) is 9.84. The van der Waals surface area contributed by atoms with Crippen LogP contribution in [0, 0.1) is 5.41 Å². The van der Waals surface area contributed by atoms with E-state index in [0.717, 1.165) is 23.5 Å². The molecule has 4 heterocycles. The minimum atomic E-state index is -1.35. The molecule has 3 aromatic rings. The van der Waals surface area contributed by atoms with Crippen LogP contribution >= 0.6 is 46.2 Å². The van der Waals surface area contributed by atoms with E-state index in [2.05, 4.69) is 36.5 Å². The SMILES string of the molecule is CC(ON=C(C(=O)NC1C(=O)N2CC(CSc3nncs3)(C(=O)O)CS[C@H]12)c1csc(N)n1)C(=O)NNC(=O)c1ccc(O)c(O)c1. The lowest BCUT2D eigenvalue weighted by Gasteiger charge is -2.53. The molecule has 3 unspecified atom stereocenters. The van der Waals surface area contributed by atoms with Gasteiger partial charge in [-0.1, -0.05) is 28.3 Å². The number of phenolic OH excluding ortho intramolecular Hbond substituents is 2. The van der Waals surface area contributed by atoms with Crippen molar-refractivity contribution in [3.8, 4) is 11.5 Å². The fourth-order valence-electron chi connectivity index (χ4n) is 4.28. The molecule has 2 fully saturated rings. The van der Waals surface area contributed by atoms with E-state index < -0.39 is 64.0 Å². The van der Waals surface area contributed by atoms with E-state index >= 15 is 0 Å².